The summed E-state index contributed by atoms with van der Waals surface area (Å²) in [6, 6.07) is 12.4. The Bertz CT molecular complexity index is 1460. The van der Waals surface area contributed by atoms with Gasteiger partial charge in [-0.1, -0.05) is 46.6 Å². The molecule has 0 unspecified atom stereocenters. The van der Waals surface area contributed by atoms with Crippen LogP contribution in [0.1, 0.15) is 27.3 Å². The molecule has 2 aromatic carbocycles. The monoisotopic (exact) mass is 571 g/mol. The summed E-state index contributed by atoms with van der Waals surface area (Å²) in [5, 5.41) is 20.7. The van der Waals surface area contributed by atoms with Gasteiger partial charge in [-0.3, -0.25) is 9.69 Å². The third kappa shape index (κ3) is 6.34. The minimum absolute atomic E-state index is 0.0368. The van der Waals surface area contributed by atoms with E-state index >= 15 is 0 Å². The van der Waals surface area contributed by atoms with Crippen molar-refractivity contribution in [3.8, 4) is 11.6 Å². The van der Waals surface area contributed by atoms with E-state index in [-0.39, 0.29) is 23.9 Å². The Labute approximate surface area is 232 Å². The van der Waals surface area contributed by atoms with Crippen molar-refractivity contribution in [2.45, 2.75) is 13.2 Å². The first kappa shape index (κ1) is 26.6. The molecule has 39 heavy (non-hydrogen) atoms. The number of aromatic nitrogens is 5. The number of nitrogens with zero attached hydrogens (tertiary/aromatic N) is 7. The van der Waals surface area contributed by atoms with Gasteiger partial charge in [0.2, 0.25) is 11.6 Å². The van der Waals surface area contributed by atoms with Crippen LogP contribution >= 0.6 is 23.2 Å². The van der Waals surface area contributed by atoms with Gasteiger partial charge >= 0.3 is 0 Å². The molecule has 13 nitrogen and oxygen atoms in total. The number of carbonyl (C=O) groups is 1. The van der Waals surface area contributed by atoms with Crippen molar-refractivity contribution in [3.05, 3.63) is 75.0 Å². The number of rotatable bonds is 9. The first-order valence-electron chi connectivity index (χ1n) is 11.8. The molecule has 1 fully saturated rings. The van der Waals surface area contributed by atoms with Crippen molar-refractivity contribution in [3.63, 3.8) is 0 Å². The second-order valence-corrected chi connectivity index (χ2v) is 9.23. The van der Waals surface area contributed by atoms with Gasteiger partial charge in [-0.25, -0.2) is 10.1 Å². The number of hydrogen-bond acceptors (Lipinski definition) is 11. The number of halogens is 2. The number of benzene rings is 2. The van der Waals surface area contributed by atoms with E-state index in [1.807, 2.05) is 6.07 Å². The number of amides is 1. The van der Waals surface area contributed by atoms with Crippen LogP contribution in [0.25, 0.3) is 5.82 Å². The normalized spacial score (nSPS) is 14.1. The van der Waals surface area contributed by atoms with Gasteiger partial charge in [0, 0.05) is 35.2 Å². The quantitative estimate of drug-likeness (QED) is 0.226. The standard InChI is InChI=1S/C24H23Cl2N9O4/c25-18-5-2-6-19(26)17(18)14-38-16-4-1-3-15(11-16)12-28-30-24(36)21-20(13-34-7-9-37-10-8-34)29-33-35(21)23-22(27)31-39-32-23/h1-6,11-12H,7-10,13-14H2,(H2,27,31)(H,30,36)/b28-12+. The number of nitrogen functional groups attached to an aromatic ring is 1. The maximum absolute atomic E-state index is 13.2. The molecule has 202 valence electrons. The van der Waals surface area contributed by atoms with E-state index < -0.39 is 5.91 Å². The summed E-state index contributed by atoms with van der Waals surface area (Å²) < 4.78 is 17.1. The summed E-state index contributed by atoms with van der Waals surface area (Å²) in [6.07, 6.45) is 1.48. The summed E-state index contributed by atoms with van der Waals surface area (Å²) in [5.74, 6) is 0.0200. The Morgan fingerprint density at radius 3 is 2.67 bits per heavy atom. The summed E-state index contributed by atoms with van der Waals surface area (Å²) in [4.78, 5) is 15.3. The third-order valence-corrected chi connectivity index (χ3v) is 6.52. The summed E-state index contributed by atoms with van der Waals surface area (Å²) in [6.45, 7) is 3.14. The highest BCUT2D eigenvalue weighted by Gasteiger charge is 2.26. The molecule has 0 saturated carbocycles. The van der Waals surface area contributed by atoms with Gasteiger partial charge < -0.3 is 15.2 Å². The lowest BCUT2D eigenvalue weighted by molar-refractivity contribution is 0.0335. The van der Waals surface area contributed by atoms with Crippen molar-refractivity contribution < 1.29 is 18.9 Å². The highest BCUT2D eigenvalue weighted by atomic mass is 35.5. The zero-order valence-corrected chi connectivity index (χ0v) is 22.0. The fourth-order valence-electron chi connectivity index (χ4n) is 3.83. The fourth-order valence-corrected chi connectivity index (χ4v) is 4.34. The van der Waals surface area contributed by atoms with Crippen LogP contribution < -0.4 is 15.9 Å². The Kier molecular flexibility index (Phi) is 8.32. The molecule has 0 aliphatic carbocycles. The molecule has 1 aliphatic rings. The third-order valence-electron chi connectivity index (χ3n) is 5.81. The van der Waals surface area contributed by atoms with E-state index in [0.717, 1.165) is 0 Å². The van der Waals surface area contributed by atoms with Gasteiger partial charge in [-0.15, -0.1) is 5.10 Å². The maximum atomic E-state index is 13.2. The van der Waals surface area contributed by atoms with Crippen molar-refractivity contribution in [1.29, 1.82) is 0 Å². The number of morpholine rings is 1. The minimum Gasteiger partial charge on any atom is -0.489 e. The SMILES string of the molecule is Nc1nonc1-n1nnc(CN2CCOCC2)c1C(=O)N/N=C/c1cccc(OCc2c(Cl)cccc2Cl)c1. The van der Waals surface area contributed by atoms with E-state index in [2.05, 4.69) is 40.7 Å². The average molecular weight is 572 g/mol. The summed E-state index contributed by atoms with van der Waals surface area (Å²) in [5.41, 5.74) is 10.2. The molecular weight excluding hydrogens is 549 g/mol. The Hall–Kier alpha value is -4.04. The molecule has 5 rings (SSSR count). The topological polar surface area (TPSA) is 159 Å². The smallest absolute Gasteiger partial charge is 0.292 e. The molecule has 3 heterocycles. The molecule has 0 spiro atoms. The van der Waals surface area contributed by atoms with E-state index in [1.165, 1.54) is 10.9 Å². The fraction of sp³-hybridized carbons (Fsp3) is 0.250. The van der Waals surface area contributed by atoms with Crippen LogP contribution in [-0.2, 0) is 17.9 Å². The number of hydrazone groups is 1. The average Bonchev–Trinajstić information content (AvgIpc) is 3.54. The van der Waals surface area contributed by atoms with Crippen LogP contribution in [0, 0.1) is 0 Å². The number of carbonyl (C=O) groups excluding carboxylic acids is 1. The van der Waals surface area contributed by atoms with Crippen LogP contribution in [0.3, 0.4) is 0 Å². The highest BCUT2D eigenvalue weighted by Crippen LogP contribution is 2.26. The van der Waals surface area contributed by atoms with Crippen molar-refractivity contribution >= 4 is 41.1 Å². The van der Waals surface area contributed by atoms with E-state index in [4.69, 9.17) is 38.4 Å². The van der Waals surface area contributed by atoms with Gasteiger partial charge in [-0.05, 0) is 40.1 Å². The lowest BCUT2D eigenvalue weighted by Crippen LogP contribution is -2.36. The molecule has 0 atom stereocenters. The van der Waals surface area contributed by atoms with Gasteiger partial charge in [-0.2, -0.15) is 9.78 Å². The lowest BCUT2D eigenvalue weighted by Gasteiger charge is -2.25. The second kappa shape index (κ2) is 12.2. The first-order chi connectivity index (χ1) is 19.0. The van der Waals surface area contributed by atoms with E-state index in [1.54, 1.807) is 36.4 Å². The largest absolute Gasteiger partial charge is 0.489 e. The molecule has 0 bridgehead atoms. The minimum atomic E-state index is -0.567. The molecular formula is C24H23Cl2N9O4. The summed E-state index contributed by atoms with van der Waals surface area (Å²) in [7, 11) is 0. The summed E-state index contributed by atoms with van der Waals surface area (Å²) >= 11 is 12.4. The number of ether oxygens (including phenoxy) is 2. The molecule has 2 aromatic heterocycles. The molecule has 0 radical (unpaired) electrons. The number of nitrogens with two attached hydrogens (primary N) is 1. The predicted molar refractivity (Wildman–Crippen MR) is 142 cm³/mol. The van der Waals surface area contributed by atoms with Gasteiger partial charge in [0.1, 0.15) is 18.1 Å². The van der Waals surface area contributed by atoms with Crippen LogP contribution in [-0.4, -0.2) is 68.6 Å². The van der Waals surface area contributed by atoms with Crippen molar-refractivity contribution in [1.82, 2.24) is 35.6 Å². The number of nitrogens with one attached hydrogen (secondary N) is 1. The Morgan fingerprint density at radius 2 is 1.92 bits per heavy atom. The molecule has 1 amide bonds. The van der Waals surface area contributed by atoms with Gasteiger partial charge in [0.05, 0.1) is 19.4 Å². The molecule has 1 saturated heterocycles. The van der Waals surface area contributed by atoms with Gasteiger partial charge in [0.15, 0.2) is 5.69 Å². The van der Waals surface area contributed by atoms with Crippen molar-refractivity contribution in [2.75, 3.05) is 32.0 Å². The molecule has 4 aromatic rings. The van der Waals surface area contributed by atoms with Gasteiger partial charge in [0.25, 0.3) is 5.91 Å². The van der Waals surface area contributed by atoms with Crippen molar-refractivity contribution in [2.24, 2.45) is 5.10 Å². The first-order valence-corrected chi connectivity index (χ1v) is 12.6. The Morgan fingerprint density at radius 1 is 1.15 bits per heavy atom. The number of anilines is 1. The highest BCUT2D eigenvalue weighted by molar-refractivity contribution is 6.35. The van der Waals surface area contributed by atoms with Crippen LogP contribution in [0.5, 0.6) is 5.75 Å². The van der Waals surface area contributed by atoms with Crippen LogP contribution in [0.2, 0.25) is 10.0 Å². The predicted octanol–water partition coefficient (Wildman–Crippen LogP) is 2.71. The zero-order chi connectivity index (χ0) is 27.2. The molecule has 3 N–H and O–H groups in total. The van der Waals surface area contributed by atoms with E-state index in [0.29, 0.717) is 65.5 Å². The zero-order valence-electron chi connectivity index (χ0n) is 20.5. The molecule has 15 heteroatoms. The lowest BCUT2D eigenvalue weighted by atomic mass is 10.2. The Balaban J connectivity index is 1.29. The number of hydrogen-bond donors (Lipinski definition) is 2. The second-order valence-electron chi connectivity index (χ2n) is 8.42. The maximum Gasteiger partial charge on any atom is 0.292 e. The molecule has 1 aliphatic heterocycles. The van der Waals surface area contributed by atoms with Crippen LogP contribution in [0.4, 0.5) is 5.82 Å². The van der Waals surface area contributed by atoms with E-state index in [9.17, 15) is 4.79 Å². The van der Waals surface area contributed by atoms with Crippen LogP contribution in [0.15, 0.2) is 52.2 Å².